The van der Waals surface area contributed by atoms with Gasteiger partial charge >= 0.3 is 0 Å². The van der Waals surface area contributed by atoms with Gasteiger partial charge in [-0.2, -0.15) is 0 Å². The monoisotopic (exact) mass is 400 g/mol. The Kier molecular flexibility index (Phi) is 4.47. The average molecular weight is 401 g/mol. The number of allylic oxidation sites excluding steroid dienone is 2. The number of hydrogen-bond donors (Lipinski definition) is 1. The largest absolute Gasteiger partial charge is 0.385 e. The highest BCUT2D eigenvalue weighted by Crippen LogP contribution is 2.65. The molecule has 0 aromatic heterocycles. The van der Waals surface area contributed by atoms with Crippen molar-refractivity contribution in [2.45, 2.75) is 89.8 Å². The minimum atomic E-state index is -0.890. The molecule has 5 aliphatic carbocycles. The average Bonchev–Trinajstić information content (AvgIpc) is 3.27. The zero-order valence-electron chi connectivity index (χ0n) is 18.2. The van der Waals surface area contributed by atoms with Crippen LogP contribution in [0.1, 0.15) is 78.1 Å². The van der Waals surface area contributed by atoms with E-state index in [1.807, 2.05) is 20.1 Å². The van der Waals surface area contributed by atoms with Crippen molar-refractivity contribution in [3.8, 4) is 0 Å². The molecule has 2 unspecified atom stereocenters. The first kappa shape index (κ1) is 19.9. The molecule has 29 heavy (non-hydrogen) atoms. The number of ether oxygens (including phenoxy) is 1. The van der Waals surface area contributed by atoms with E-state index >= 15 is 0 Å². The van der Waals surface area contributed by atoms with Crippen LogP contribution in [0.4, 0.5) is 0 Å². The van der Waals surface area contributed by atoms with E-state index in [2.05, 4.69) is 6.92 Å². The summed E-state index contributed by atoms with van der Waals surface area (Å²) in [5, 5.41) is 10.5. The van der Waals surface area contributed by atoms with Crippen molar-refractivity contribution < 1.29 is 19.4 Å². The molecule has 4 heteroatoms. The number of aliphatic hydroxyl groups is 1. The highest BCUT2D eigenvalue weighted by Gasteiger charge is 2.63. The van der Waals surface area contributed by atoms with Crippen molar-refractivity contribution in [3.05, 3.63) is 11.6 Å². The number of methoxy groups -OCH3 is 1. The Morgan fingerprint density at radius 2 is 1.72 bits per heavy atom. The molecule has 4 nitrogen and oxygen atoms in total. The van der Waals surface area contributed by atoms with Crippen LogP contribution < -0.4 is 0 Å². The number of carbonyl (C=O) groups is 2. The van der Waals surface area contributed by atoms with Crippen molar-refractivity contribution in [2.24, 2.45) is 34.5 Å². The molecule has 5 aliphatic rings. The van der Waals surface area contributed by atoms with Gasteiger partial charge in [-0.25, -0.2) is 0 Å². The van der Waals surface area contributed by atoms with Crippen molar-refractivity contribution in [3.63, 3.8) is 0 Å². The summed E-state index contributed by atoms with van der Waals surface area (Å²) in [5.41, 5.74) is 0.990. The van der Waals surface area contributed by atoms with Crippen LogP contribution in [0.2, 0.25) is 0 Å². The van der Waals surface area contributed by atoms with Crippen LogP contribution in [0.5, 0.6) is 0 Å². The summed E-state index contributed by atoms with van der Waals surface area (Å²) in [6.45, 7) is 4.42. The van der Waals surface area contributed by atoms with E-state index < -0.39 is 11.5 Å². The van der Waals surface area contributed by atoms with Crippen molar-refractivity contribution >= 4 is 11.6 Å². The molecule has 0 aromatic rings. The number of ketones is 2. The fourth-order valence-electron chi connectivity index (χ4n) is 8.38. The molecule has 0 heterocycles. The summed E-state index contributed by atoms with van der Waals surface area (Å²) >= 11 is 0. The second-order valence-electron chi connectivity index (χ2n) is 11.3. The van der Waals surface area contributed by atoms with Gasteiger partial charge in [-0.15, -0.1) is 0 Å². The van der Waals surface area contributed by atoms with Gasteiger partial charge in [-0.05, 0) is 74.2 Å². The van der Waals surface area contributed by atoms with Gasteiger partial charge in [0, 0.05) is 24.9 Å². The van der Waals surface area contributed by atoms with Gasteiger partial charge in [-0.1, -0.05) is 32.3 Å². The van der Waals surface area contributed by atoms with E-state index in [9.17, 15) is 14.7 Å². The van der Waals surface area contributed by atoms with E-state index in [-0.39, 0.29) is 34.4 Å². The molecule has 0 radical (unpaired) electrons. The molecule has 0 amide bonds. The minimum Gasteiger partial charge on any atom is -0.385 e. The van der Waals surface area contributed by atoms with E-state index in [1.54, 1.807) is 0 Å². The molecule has 4 fully saturated rings. The van der Waals surface area contributed by atoms with Crippen molar-refractivity contribution in [1.29, 1.82) is 0 Å². The molecule has 0 bridgehead atoms. The number of hydrogen-bond acceptors (Lipinski definition) is 4. The summed E-state index contributed by atoms with van der Waals surface area (Å²) in [6, 6.07) is 0. The van der Waals surface area contributed by atoms with Crippen LogP contribution in [0, 0.1) is 34.5 Å². The number of aliphatic hydroxyl groups excluding tert-OH is 1. The molecule has 0 spiro atoms. The van der Waals surface area contributed by atoms with Crippen LogP contribution in [0.3, 0.4) is 0 Å². The Balaban J connectivity index is 1.47. The standard InChI is InChI=1S/C25H36O4/c1-23-10-6-15(25(29-3)8-4-5-9-25)12-16(23)13-19(26)21-17(23)7-11-24(2)18(21)14-20(27)22(24)28/h13,15,17-18,21-22,28H,4-12,14H2,1-3H3/t15?,17-,18+,21-,22?,23+,24+/m1/s1. The van der Waals surface area contributed by atoms with E-state index in [4.69, 9.17) is 4.74 Å². The number of Topliss-reactive ketones (excluding diaryl/α,β-unsaturated/α-hetero) is 1. The lowest BCUT2D eigenvalue weighted by atomic mass is 9.46. The van der Waals surface area contributed by atoms with Crippen LogP contribution in [0.15, 0.2) is 11.6 Å². The van der Waals surface area contributed by atoms with E-state index in [1.165, 1.54) is 24.8 Å². The Morgan fingerprint density at radius 1 is 1.00 bits per heavy atom. The fraction of sp³-hybridized carbons (Fsp3) is 0.840. The van der Waals surface area contributed by atoms with Gasteiger partial charge in [0.25, 0.3) is 0 Å². The lowest BCUT2D eigenvalue weighted by molar-refractivity contribution is -0.139. The van der Waals surface area contributed by atoms with Crippen molar-refractivity contribution in [1.82, 2.24) is 0 Å². The van der Waals surface area contributed by atoms with Crippen LogP contribution in [-0.4, -0.2) is 35.5 Å². The van der Waals surface area contributed by atoms with Gasteiger partial charge < -0.3 is 9.84 Å². The molecule has 0 aromatic carbocycles. The molecule has 7 atom stereocenters. The summed E-state index contributed by atoms with van der Waals surface area (Å²) in [4.78, 5) is 25.8. The van der Waals surface area contributed by atoms with E-state index in [0.717, 1.165) is 38.5 Å². The first-order chi connectivity index (χ1) is 13.7. The molecule has 5 rings (SSSR count). The second-order valence-corrected chi connectivity index (χ2v) is 11.3. The zero-order valence-corrected chi connectivity index (χ0v) is 18.2. The topological polar surface area (TPSA) is 63.6 Å². The number of carbonyl (C=O) groups excluding carboxylic acids is 2. The summed E-state index contributed by atoms with van der Waals surface area (Å²) in [5.74, 6) is 0.903. The first-order valence-corrected chi connectivity index (χ1v) is 11.8. The first-order valence-electron chi connectivity index (χ1n) is 11.8. The molecule has 160 valence electrons. The SMILES string of the molecule is COC1(C2CC[C@@]3(C)C(=CC(=O)[C@@H]4[C@H]3CC[C@]3(C)C(O)C(=O)C[C@@H]43)C2)CCCC1. The summed E-state index contributed by atoms with van der Waals surface area (Å²) in [7, 11) is 1.87. The van der Waals surface area contributed by atoms with Gasteiger partial charge in [0.2, 0.25) is 0 Å². The zero-order chi connectivity index (χ0) is 20.6. The van der Waals surface area contributed by atoms with Crippen molar-refractivity contribution in [2.75, 3.05) is 7.11 Å². The second kappa shape index (κ2) is 6.50. The Morgan fingerprint density at radius 3 is 2.41 bits per heavy atom. The Hall–Kier alpha value is -1.00. The fourth-order valence-corrected chi connectivity index (χ4v) is 8.38. The molecule has 4 saturated carbocycles. The molecule has 0 saturated heterocycles. The van der Waals surface area contributed by atoms with Gasteiger partial charge in [0.05, 0.1) is 5.60 Å². The maximum Gasteiger partial charge on any atom is 0.162 e. The van der Waals surface area contributed by atoms with Gasteiger partial charge in [0.1, 0.15) is 6.10 Å². The molecular weight excluding hydrogens is 364 g/mol. The smallest absolute Gasteiger partial charge is 0.162 e. The Labute approximate surface area is 174 Å². The lowest BCUT2D eigenvalue weighted by Gasteiger charge is -2.57. The van der Waals surface area contributed by atoms with Crippen LogP contribution in [-0.2, 0) is 14.3 Å². The van der Waals surface area contributed by atoms with Gasteiger partial charge in [-0.3, -0.25) is 9.59 Å². The maximum absolute atomic E-state index is 13.4. The predicted molar refractivity (Wildman–Crippen MR) is 110 cm³/mol. The molecule has 1 N–H and O–H groups in total. The number of fused-ring (bicyclic) bond motifs is 5. The summed E-state index contributed by atoms with van der Waals surface area (Å²) in [6.07, 6.45) is 11.3. The minimum absolute atomic E-state index is 0.00347. The maximum atomic E-state index is 13.4. The third-order valence-electron chi connectivity index (χ3n) is 10.3. The van der Waals surface area contributed by atoms with Crippen LogP contribution in [0.25, 0.3) is 0 Å². The Bertz CT molecular complexity index is 763. The normalized spacial score (nSPS) is 48.7. The number of rotatable bonds is 2. The predicted octanol–water partition coefficient (Wildman–Crippen LogP) is 4.24. The highest BCUT2D eigenvalue weighted by molar-refractivity contribution is 5.96. The van der Waals surface area contributed by atoms with Crippen LogP contribution >= 0.6 is 0 Å². The highest BCUT2D eigenvalue weighted by atomic mass is 16.5. The quantitative estimate of drug-likeness (QED) is 0.753. The molecular formula is C25H36O4. The third kappa shape index (κ3) is 2.57. The summed E-state index contributed by atoms with van der Waals surface area (Å²) < 4.78 is 6.10. The van der Waals surface area contributed by atoms with E-state index in [0.29, 0.717) is 18.3 Å². The third-order valence-corrected chi connectivity index (χ3v) is 10.3. The molecule has 0 aliphatic heterocycles. The lowest BCUT2D eigenvalue weighted by Crippen LogP contribution is -2.54. The van der Waals surface area contributed by atoms with Gasteiger partial charge in [0.15, 0.2) is 11.6 Å².